The van der Waals surface area contributed by atoms with Gasteiger partial charge in [0.05, 0.1) is 12.1 Å². The van der Waals surface area contributed by atoms with Crippen LogP contribution in [-0.2, 0) is 12.7 Å². The fourth-order valence-corrected chi connectivity index (χ4v) is 1.42. The molecule has 80 valence electrons. The van der Waals surface area contributed by atoms with Gasteiger partial charge in [-0.15, -0.1) is 0 Å². The Bertz CT molecular complexity index is 410. The lowest BCUT2D eigenvalue weighted by Gasteiger charge is -2.11. The lowest BCUT2D eigenvalue weighted by Crippen LogP contribution is -2.08. The van der Waals surface area contributed by atoms with Gasteiger partial charge in [0, 0.05) is 9.38 Å². The van der Waals surface area contributed by atoms with Crippen molar-refractivity contribution in [3.05, 3.63) is 44.2 Å². The van der Waals surface area contributed by atoms with Crippen molar-refractivity contribution in [2.45, 2.75) is 12.7 Å². The van der Waals surface area contributed by atoms with Crippen molar-refractivity contribution in [1.82, 2.24) is 0 Å². The highest BCUT2D eigenvalue weighted by molar-refractivity contribution is 9.10. The predicted octanol–water partition coefficient (Wildman–Crippen LogP) is 4.28. The number of nitrogens with zero attached hydrogens (tertiary/aromatic N) is 3. The van der Waals surface area contributed by atoms with E-state index < -0.39 is 11.7 Å². The molecule has 0 bridgehead atoms. The summed E-state index contributed by atoms with van der Waals surface area (Å²) in [5.41, 5.74) is 7.22. The van der Waals surface area contributed by atoms with Crippen molar-refractivity contribution in [1.29, 1.82) is 0 Å². The molecule has 0 unspecified atom stereocenters. The third-order valence-corrected chi connectivity index (χ3v) is 2.17. The second kappa shape index (κ2) is 4.55. The van der Waals surface area contributed by atoms with Crippen molar-refractivity contribution in [2.24, 2.45) is 5.11 Å². The van der Waals surface area contributed by atoms with Crippen molar-refractivity contribution in [2.75, 3.05) is 0 Å². The maximum absolute atomic E-state index is 12.5. The van der Waals surface area contributed by atoms with Gasteiger partial charge in [-0.2, -0.15) is 13.2 Å². The largest absolute Gasteiger partial charge is 0.416 e. The summed E-state index contributed by atoms with van der Waals surface area (Å²) in [4.78, 5) is 2.42. The predicted molar refractivity (Wildman–Crippen MR) is 52.0 cm³/mol. The van der Waals surface area contributed by atoms with Gasteiger partial charge in [0.15, 0.2) is 0 Å². The van der Waals surface area contributed by atoms with E-state index in [1.807, 2.05) is 0 Å². The summed E-state index contributed by atoms with van der Waals surface area (Å²) in [5, 5.41) is 3.11. The van der Waals surface area contributed by atoms with E-state index in [4.69, 9.17) is 5.53 Å². The first-order valence-corrected chi connectivity index (χ1v) is 4.61. The van der Waals surface area contributed by atoms with Crippen LogP contribution in [0, 0.1) is 0 Å². The Balaban J connectivity index is 3.20. The quantitative estimate of drug-likeness (QED) is 0.441. The molecular weight excluding hydrogens is 275 g/mol. The molecule has 0 aliphatic heterocycles. The number of hydrogen-bond acceptors (Lipinski definition) is 1. The van der Waals surface area contributed by atoms with Crippen LogP contribution in [0.1, 0.15) is 11.1 Å². The summed E-state index contributed by atoms with van der Waals surface area (Å²) in [6, 6.07) is 3.71. The molecule has 1 aromatic rings. The SMILES string of the molecule is [N-]=[N+]=NCc1ccc(Br)cc1C(F)(F)F. The molecule has 0 amide bonds. The average Bonchev–Trinajstić information content (AvgIpc) is 2.14. The molecule has 15 heavy (non-hydrogen) atoms. The van der Waals surface area contributed by atoms with Crippen LogP contribution in [0.3, 0.4) is 0 Å². The standard InChI is InChI=1S/C8H5BrF3N3/c9-6-2-1-5(4-14-15-13)7(3-6)8(10,11)12/h1-3H,4H2. The van der Waals surface area contributed by atoms with Gasteiger partial charge in [0.1, 0.15) is 0 Å². The number of rotatable bonds is 2. The maximum Gasteiger partial charge on any atom is 0.416 e. The minimum absolute atomic E-state index is 0.0384. The van der Waals surface area contributed by atoms with Gasteiger partial charge in [0.2, 0.25) is 0 Å². The highest BCUT2D eigenvalue weighted by Gasteiger charge is 2.33. The van der Waals surface area contributed by atoms with E-state index in [1.165, 1.54) is 12.1 Å². The number of azide groups is 1. The molecule has 0 spiro atoms. The van der Waals surface area contributed by atoms with E-state index >= 15 is 0 Å². The van der Waals surface area contributed by atoms with E-state index in [2.05, 4.69) is 26.0 Å². The molecule has 0 saturated carbocycles. The zero-order valence-corrected chi connectivity index (χ0v) is 8.88. The minimum Gasteiger partial charge on any atom is -0.166 e. The molecular formula is C8H5BrF3N3. The van der Waals surface area contributed by atoms with Gasteiger partial charge in [-0.1, -0.05) is 27.1 Å². The normalized spacial score (nSPS) is 10.9. The zero-order valence-electron chi connectivity index (χ0n) is 7.29. The fraction of sp³-hybridized carbons (Fsp3) is 0.250. The molecule has 3 nitrogen and oxygen atoms in total. The van der Waals surface area contributed by atoms with Gasteiger partial charge in [-0.05, 0) is 23.2 Å². The first kappa shape index (κ1) is 11.9. The lowest BCUT2D eigenvalue weighted by atomic mass is 10.1. The summed E-state index contributed by atoms with van der Waals surface area (Å²) in [5.74, 6) is 0. The van der Waals surface area contributed by atoms with Crippen molar-refractivity contribution < 1.29 is 13.2 Å². The third-order valence-electron chi connectivity index (χ3n) is 1.68. The van der Waals surface area contributed by atoms with Crippen LogP contribution in [-0.4, -0.2) is 0 Å². The molecule has 0 fully saturated rings. The van der Waals surface area contributed by atoms with Gasteiger partial charge >= 0.3 is 6.18 Å². The number of halogens is 4. The third kappa shape index (κ3) is 3.14. The molecule has 0 saturated heterocycles. The fourth-order valence-electron chi connectivity index (χ4n) is 1.06. The second-order valence-electron chi connectivity index (χ2n) is 2.69. The monoisotopic (exact) mass is 279 g/mol. The van der Waals surface area contributed by atoms with E-state index in [0.29, 0.717) is 4.47 Å². The summed E-state index contributed by atoms with van der Waals surface area (Å²) >= 11 is 2.95. The summed E-state index contributed by atoms with van der Waals surface area (Å²) in [6.45, 7) is -0.307. The lowest BCUT2D eigenvalue weighted by molar-refractivity contribution is -0.138. The highest BCUT2D eigenvalue weighted by Crippen LogP contribution is 2.34. The molecule has 0 aliphatic rings. The second-order valence-corrected chi connectivity index (χ2v) is 3.60. The maximum atomic E-state index is 12.5. The van der Waals surface area contributed by atoms with Crippen LogP contribution in [0.2, 0.25) is 0 Å². The minimum atomic E-state index is -4.44. The number of hydrogen-bond donors (Lipinski definition) is 0. The topological polar surface area (TPSA) is 48.8 Å². The van der Waals surface area contributed by atoms with Gasteiger partial charge in [-0.3, -0.25) is 0 Å². The Morgan fingerprint density at radius 2 is 2.07 bits per heavy atom. The van der Waals surface area contributed by atoms with Gasteiger partial charge < -0.3 is 0 Å². The van der Waals surface area contributed by atoms with Crippen LogP contribution in [0.15, 0.2) is 27.8 Å². The van der Waals surface area contributed by atoms with Crippen LogP contribution < -0.4 is 0 Å². The molecule has 0 heterocycles. The molecule has 0 atom stereocenters. The van der Waals surface area contributed by atoms with Crippen molar-refractivity contribution >= 4 is 15.9 Å². The van der Waals surface area contributed by atoms with Crippen molar-refractivity contribution in [3.8, 4) is 0 Å². The molecule has 0 N–H and O–H groups in total. The molecule has 1 aromatic carbocycles. The Labute approximate surface area is 91.7 Å². The first-order valence-electron chi connectivity index (χ1n) is 3.81. The van der Waals surface area contributed by atoms with E-state index in [-0.39, 0.29) is 12.1 Å². The van der Waals surface area contributed by atoms with Crippen LogP contribution in [0.25, 0.3) is 10.4 Å². The first-order chi connectivity index (χ1) is 6.95. The molecule has 0 aliphatic carbocycles. The van der Waals surface area contributed by atoms with Crippen LogP contribution in [0.5, 0.6) is 0 Å². The Morgan fingerprint density at radius 3 is 2.60 bits per heavy atom. The summed E-state index contributed by atoms with van der Waals surface area (Å²) in [7, 11) is 0. The zero-order chi connectivity index (χ0) is 11.5. The van der Waals surface area contributed by atoms with E-state index in [9.17, 15) is 13.2 Å². The number of benzene rings is 1. The summed E-state index contributed by atoms with van der Waals surface area (Å²) in [6.07, 6.45) is -4.44. The van der Waals surface area contributed by atoms with Crippen LogP contribution >= 0.6 is 15.9 Å². The molecule has 0 radical (unpaired) electrons. The van der Waals surface area contributed by atoms with Gasteiger partial charge in [0.25, 0.3) is 0 Å². The Hall–Kier alpha value is -1.20. The van der Waals surface area contributed by atoms with Gasteiger partial charge in [-0.25, -0.2) is 0 Å². The highest BCUT2D eigenvalue weighted by atomic mass is 79.9. The van der Waals surface area contributed by atoms with E-state index in [1.54, 1.807) is 0 Å². The molecule has 0 aromatic heterocycles. The average molecular weight is 280 g/mol. The van der Waals surface area contributed by atoms with E-state index in [0.717, 1.165) is 6.07 Å². The van der Waals surface area contributed by atoms with Crippen molar-refractivity contribution in [3.63, 3.8) is 0 Å². The number of alkyl halides is 3. The molecule has 1 rings (SSSR count). The molecule has 7 heteroatoms. The summed E-state index contributed by atoms with van der Waals surface area (Å²) < 4.78 is 37.8. The Kier molecular flexibility index (Phi) is 3.60. The smallest absolute Gasteiger partial charge is 0.166 e. The van der Waals surface area contributed by atoms with Crippen LogP contribution in [0.4, 0.5) is 13.2 Å². The Morgan fingerprint density at radius 1 is 1.40 bits per heavy atom.